The number of ether oxygens (including phenoxy) is 1. The minimum Gasteiger partial charge on any atom is -0.481 e. The molecule has 0 unspecified atom stereocenters. The molecule has 3 N–H and O–H groups in total. The lowest BCUT2D eigenvalue weighted by Crippen LogP contribution is -2.37. The van der Waals surface area contributed by atoms with Gasteiger partial charge < -0.3 is 20.7 Å². The molecule has 11 nitrogen and oxygen atoms in total. The van der Waals surface area contributed by atoms with Crippen LogP contribution in [0, 0.1) is 6.92 Å². The minimum absolute atomic E-state index is 0.0808. The van der Waals surface area contributed by atoms with Crippen LogP contribution >= 0.6 is 11.6 Å². The second-order valence-corrected chi connectivity index (χ2v) is 14.1. The number of pyridine rings is 2. The molecule has 2 fully saturated rings. The molecule has 2 aromatic carbocycles. The molecule has 3 aromatic heterocycles. The Labute approximate surface area is 307 Å². The van der Waals surface area contributed by atoms with Gasteiger partial charge in [-0.3, -0.25) is 23.7 Å². The lowest BCUT2D eigenvalue weighted by atomic mass is 9.92. The maximum absolute atomic E-state index is 13.4. The van der Waals surface area contributed by atoms with E-state index in [4.69, 9.17) is 21.3 Å². The fourth-order valence-electron chi connectivity index (χ4n) is 7.25. The number of hydrogen-bond acceptors (Lipinski definition) is 8. The summed E-state index contributed by atoms with van der Waals surface area (Å²) in [5.74, 6) is 0.697. The highest BCUT2D eigenvalue weighted by Gasteiger charge is 2.23. The number of methoxy groups -OCH3 is 1. The summed E-state index contributed by atoms with van der Waals surface area (Å²) >= 11 is 7.15. The Bertz CT molecular complexity index is 2220. The molecule has 0 spiro atoms. The first-order valence-electron chi connectivity index (χ1n) is 17.6. The Hall–Kier alpha value is -5.10. The van der Waals surface area contributed by atoms with Gasteiger partial charge in [0.1, 0.15) is 5.65 Å². The Balaban J connectivity index is 1.11. The third-order valence-electron chi connectivity index (χ3n) is 9.97. The molecule has 0 bridgehead atoms. The summed E-state index contributed by atoms with van der Waals surface area (Å²) in [6.07, 6.45) is 6.21. The number of nitrogens with zero attached hydrogens (tertiary/aromatic N) is 4. The van der Waals surface area contributed by atoms with Gasteiger partial charge in [-0.2, -0.15) is 0 Å². The predicted molar refractivity (Wildman–Crippen MR) is 202 cm³/mol. The molecule has 7 rings (SSSR count). The van der Waals surface area contributed by atoms with Gasteiger partial charge in [-0.1, -0.05) is 54.1 Å². The van der Waals surface area contributed by atoms with Crippen molar-refractivity contribution in [3.8, 4) is 39.4 Å². The van der Waals surface area contributed by atoms with E-state index in [9.17, 15) is 14.4 Å². The third-order valence-corrected chi connectivity index (χ3v) is 10.4. The van der Waals surface area contributed by atoms with E-state index in [-0.39, 0.29) is 29.5 Å². The summed E-state index contributed by atoms with van der Waals surface area (Å²) < 4.78 is 7.25. The highest BCUT2D eigenvalue weighted by molar-refractivity contribution is 6.36. The standard InChI is InChI=1S/C40H42ClN7O4/c1-24-30(25-16-17-48-35(18-25)43-20-27(40(48)51)22-47(2)23-29-12-15-37(50)45-29)6-4-7-31(24)32-8-5-9-33(38(32)41)34-13-10-26(39(46-34)52-3)19-42-21-28-11-14-36(49)44-28/h4-10,13,16-18,20,28-29,42H,11-12,14-15,19,21-23H2,1-3H3,(H,44,49)(H,45,50)/t28-,29+/m1/s1. The normalized spacial score (nSPS) is 17.2. The molecule has 5 aromatic rings. The second kappa shape index (κ2) is 15.2. The SMILES string of the molecule is COc1nc(-c2cccc(-c3cccc(-c4ccn5c(=O)c(CN(C)C[C@@H]6CCC(=O)N6)cnc5c4)c3C)c2Cl)ccc1CNC[C@H]1CCC(=O)N1. The average Bonchev–Trinajstić information content (AvgIpc) is 3.76. The summed E-state index contributed by atoms with van der Waals surface area (Å²) in [5.41, 5.74) is 8.30. The molecular weight excluding hydrogens is 678 g/mol. The van der Waals surface area contributed by atoms with Gasteiger partial charge in [-0.05, 0) is 67.3 Å². The molecule has 2 atom stereocenters. The summed E-state index contributed by atoms with van der Waals surface area (Å²) in [7, 11) is 3.56. The Morgan fingerprint density at radius 1 is 0.923 bits per heavy atom. The molecule has 0 aliphatic carbocycles. The van der Waals surface area contributed by atoms with Crippen LogP contribution in [-0.4, -0.2) is 70.4 Å². The number of likely N-dealkylation sites (N-methyl/N-ethyl adjacent to an activating group) is 1. The molecule has 2 aliphatic heterocycles. The number of halogens is 1. The molecular formula is C40H42ClN7O4. The van der Waals surface area contributed by atoms with E-state index in [1.165, 1.54) is 0 Å². The molecule has 52 heavy (non-hydrogen) atoms. The quantitative estimate of drug-likeness (QED) is 0.162. The number of amides is 2. The van der Waals surface area contributed by atoms with Crippen molar-refractivity contribution in [1.82, 2.24) is 35.2 Å². The van der Waals surface area contributed by atoms with E-state index in [1.807, 2.05) is 60.5 Å². The van der Waals surface area contributed by atoms with Crippen LogP contribution in [0.4, 0.5) is 0 Å². The van der Waals surface area contributed by atoms with Crippen molar-refractivity contribution in [2.45, 2.75) is 57.8 Å². The van der Waals surface area contributed by atoms with E-state index in [2.05, 4.69) is 40.0 Å². The van der Waals surface area contributed by atoms with Crippen LogP contribution in [-0.2, 0) is 22.7 Å². The first kappa shape index (κ1) is 35.3. The lowest BCUT2D eigenvalue weighted by molar-refractivity contribution is -0.120. The number of carbonyl (C=O) groups is 2. The lowest BCUT2D eigenvalue weighted by Gasteiger charge is -2.20. The smallest absolute Gasteiger partial charge is 0.262 e. The van der Waals surface area contributed by atoms with Crippen LogP contribution in [0.15, 0.2) is 77.9 Å². The van der Waals surface area contributed by atoms with Crippen molar-refractivity contribution < 1.29 is 14.3 Å². The average molecular weight is 720 g/mol. The van der Waals surface area contributed by atoms with Gasteiger partial charge in [-0.25, -0.2) is 9.97 Å². The highest BCUT2D eigenvalue weighted by Crippen LogP contribution is 2.40. The Kier molecular flexibility index (Phi) is 10.4. The fourth-order valence-corrected chi connectivity index (χ4v) is 7.58. The maximum atomic E-state index is 13.4. The van der Waals surface area contributed by atoms with E-state index in [1.54, 1.807) is 23.9 Å². The van der Waals surface area contributed by atoms with Gasteiger partial charge in [0.05, 0.1) is 23.4 Å². The summed E-state index contributed by atoms with van der Waals surface area (Å²) in [6, 6.07) is 20.1. The predicted octanol–water partition coefficient (Wildman–Crippen LogP) is 5.14. The zero-order valence-corrected chi connectivity index (χ0v) is 30.3. The van der Waals surface area contributed by atoms with Gasteiger partial charge in [0.15, 0.2) is 0 Å². The first-order chi connectivity index (χ1) is 25.2. The second-order valence-electron chi connectivity index (χ2n) is 13.7. The van der Waals surface area contributed by atoms with Crippen molar-refractivity contribution in [3.05, 3.63) is 105 Å². The zero-order chi connectivity index (χ0) is 36.4. The molecule has 2 saturated heterocycles. The number of hydrogen-bond donors (Lipinski definition) is 3. The molecule has 0 saturated carbocycles. The monoisotopic (exact) mass is 719 g/mol. The topological polar surface area (TPSA) is 130 Å². The molecule has 5 heterocycles. The van der Waals surface area contributed by atoms with Crippen molar-refractivity contribution in [2.24, 2.45) is 0 Å². The largest absolute Gasteiger partial charge is 0.481 e. The van der Waals surface area contributed by atoms with Crippen LogP contribution in [0.25, 0.3) is 39.2 Å². The number of fused-ring (bicyclic) bond motifs is 1. The van der Waals surface area contributed by atoms with Gasteiger partial charge in [0, 0.05) is 80.2 Å². The van der Waals surface area contributed by atoms with Gasteiger partial charge in [0.25, 0.3) is 5.56 Å². The Morgan fingerprint density at radius 3 is 2.37 bits per heavy atom. The van der Waals surface area contributed by atoms with Crippen molar-refractivity contribution in [1.29, 1.82) is 0 Å². The van der Waals surface area contributed by atoms with Crippen molar-refractivity contribution >= 4 is 29.1 Å². The summed E-state index contributed by atoms with van der Waals surface area (Å²) in [4.78, 5) is 48.1. The van der Waals surface area contributed by atoms with Crippen LogP contribution in [0.3, 0.4) is 0 Å². The number of rotatable bonds is 12. The third kappa shape index (κ3) is 7.43. The zero-order valence-electron chi connectivity index (χ0n) is 29.5. The molecule has 268 valence electrons. The molecule has 0 radical (unpaired) electrons. The number of carbonyl (C=O) groups excluding carboxylic acids is 2. The molecule has 2 aliphatic rings. The number of nitrogens with one attached hydrogen (secondary N) is 3. The maximum Gasteiger partial charge on any atom is 0.262 e. The highest BCUT2D eigenvalue weighted by atomic mass is 35.5. The molecule has 12 heteroatoms. The fraction of sp³-hybridized carbons (Fsp3) is 0.325. The van der Waals surface area contributed by atoms with Crippen LogP contribution < -0.4 is 26.2 Å². The summed E-state index contributed by atoms with van der Waals surface area (Å²) in [6.45, 7) is 4.43. The van der Waals surface area contributed by atoms with E-state index in [0.717, 1.165) is 51.8 Å². The van der Waals surface area contributed by atoms with E-state index < -0.39 is 0 Å². The minimum atomic E-state index is -0.110. The Morgan fingerprint density at radius 2 is 1.63 bits per heavy atom. The van der Waals surface area contributed by atoms with E-state index in [0.29, 0.717) is 66.8 Å². The molecule has 2 amide bonds. The first-order valence-corrected chi connectivity index (χ1v) is 18.0. The summed E-state index contributed by atoms with van der Waals surface area (Å²) in [5, 5.41) is 9.95. The van der Waals surface area contributed by atoms with Crippen molar-refractivity contribution in [2.75, 3.05) is 27.2 Å². The van der Waals surface area contributed by atoms with Crippen LogP contribution in [0.5, 0.6) is 5.88 Å². The van der Waals surface area contributed by atoms with Gasteiger partial charge in [-0.15, -0.1) is 0 Å². The van der Waals surface area contributed by atoms with Gasteiger partial charge in [0.2, 0.25) is 17.7 Å². The van der Waals surface area contributed by atoms with E-state index >= 15 is 0 Å². The van der Waals surface area contributed by atoms with Gasteiger partial charge >= 0.3 is 0 Å². The van der Waals surface area contributed by atoms with Crippen LogP contribution in [0.2, 0.25) is 5.02 Å². The number of benzene rings is 2. The van der Waals surface area contributed by atoms with Crippen molar-refractivity contribution in [3.63, 3.8) is 0 Å². The van der Waals surface area contributed by atoms with Crippen LogP contribution in [0.1, 0.15) is 42.4 Å². The number of aromatic nitrogens is 3.